The van der Waals surface area contributed by atoms with Gasteiger partial charge in [0.2, 0.25) is 0 Å². The first kappa shape index (κ1) is 11.8. The minimum Gasteiger partial charge on any atom is -0.497 e. The number of nitriles is 1. The van der Waals surface area contributed by atoms with E-state index in [0.29, 0.717) is 0 Å². The van der Waals surface area contributed by atoms with Gasteiger partial charge in [0.1, 0.15) is 11.8 Å². The van der Waals surface area contributed by atoms with E-state index in [1.54, 1.807) is 31.4 Å². The highest BCUT2D eigenvalue weighted by Gasteiger charge is 1.95. The number of rotatable bonds is 4. The summed E-state index contributed by atoms with van der Waals surface area (Å²) in [5, 5.41) is 8.19. The van der Waals surface area contributed by atoms with Crippen molar-refractivity contribution >= 4 is 12.0 Å². The van der Waals surface area contributed by atoms with Gasteiger partial charge >= 0.3 is 5.97 Å². The maximum absolute atomic E-state index is 11.0. The average Bonchev–Trinajstić information content (AvgIpc) is 2.34. The van der Waals surface area contributed by atoms with Crippen molar-refractivity contribution in [3.8, 4) is 11.8 Å². The van der Waals surface area contributed by atoms with Gasteiger partial charge in [0, 0.05) is 6.08 Å². The number of carbonyl (C=O) groups is 1. The molecule has 1 aromatic rings. The van der Waals surface area contributed by atoms with Crippen LogP contribution in [0.4, 0.5) is 0 Å². The zero-order chi connectivity index (χ0) is 11.8. The van der Waals surface area contributed by atoms with Crippen molar-refractivity contribution in [2.24, 2.45) is 0 Å². The van der Waals surface area contributed by atoms with Gasteiger partial charge in [0.15, 0.2) is 6.61 Å². The molecule has 0 radical (unpaired) electrons. The van der Waals surface area contributed by atoms with E-state index in [9.17, 15) is 4.79 Å². The monoisotopic (exact) mass is 217 g/mol. The summed E-state index contributed by atoms with van der Waals surface area (Å²) in [6.07, 6.45) is 2.89. The van der Waals surface area contributed by atoms with Crippen LogP contribution >= 0.6 is 0 Å². The molecule has 0 N–H and O–H groups in total. The van der Waals surface area contributed by atoms with Gasteiger partial charge in [-0.15, -0.1) is 0 Å². The van der Waals surface area contributed by atoms with Crippen molar-refractivity contribution in [3.63, 3.8) is 0 Å². The minimum atomic E-state index is -0.530. The summed E-state index contributed by atoms with van der Waals surface area (Å²) in [6.45, 7) is -0.230. The summed E-state index contributed by atoms with van der Waals surface area (Å²) >= 11 is 0. The van der Waals surface area contributed by atoms with E-state index in [2.05, 4.69) is 4.74 Å². The van der Waals surface area contributed by atoms with Gasteiger partial charge in [0.25, 0.3) is 0 Å². The van der Waals surface area contributed by atoms with Crippen molar-refractivity contribution < 1.29 is 14.3 Å². The normalized spacial score (nSPS) is 9.75. The Bertz CT molecular complexity index is 415. The smallest absolute Gasteiger partial charge is 0.331 e. The Morgan fingerprint density at radius 3 is 2.69 bits per heavy atom. The van der Waals surface area contributed by atoms with Gasteiger partial charge in [0.05, 0.1) is 7.11 Å². The number of hydrogen-bond acceptors (Lipinski definition) is 4. The fourth-order valence-corrected chi connectivity index (χ4v) is 1.03. The van der Waals surface area contributed by atoms with Crippen LogP contribution in [0, 0.1) is 11.3 Å². The topological polar surface area (TPSA) is 59.3 Å². The zero-order valence-electron chi connectivity index (χ0n) is 8.84. The molecule has 0 aliphatic rings. The van der Waals surface area contributed by atoms with Crippen LogP contribution < -0.4 is 4.74 Å². The van der Waals surface area contributed by atoms with Crippen molar-refractivity contribution in [1.29, 1.82) is 5.26 Å². The van der Waals surface area contributed by atoms with Gasteiger partial charge in [-0.1, -0.05) is 12.1 Å². The number of benzene rings is 1. The number of nitrogens with zero attached hydrogens (tertiary/aromatic N) is 1. The number of carbonyl (C=O) groups excluding carboxylic acids is 1. The summed E-state index contributed by atoms with van der Waals surface area (Å²) in [5.41, 5.74) is 0.856. The van der Waals surface area contributed by atoms with Crippen LogP contribution in [0.15, 0.2) is 30.3 Å². The molecular formula is C12H11NO3. The van der Waals surface area contributed by atoms with Crippen LogP contribution in [0.5, 0.6) is 5.75 Å². The standard InChI is InChI=1S/C12H11NO3/c1-15-11-5-2-10(3-6-11)4-7-12(14)16-9-8-13/h2-7H,9H2,1H3. The molecule has 0 fully saturated rings. The molecule has 0 unspecified atom stereocenters. The molecule has 4 heteroatoms. The Labute approximate surface area is 93.7 Å². The van der Waals surface area contributed by atoms with E-state index in [4.69, 9.17) is 10.00 Å². The van der Waals surface area contributed by atoms with Gasteiger partial charge in [-0.2, -0.15) is 5.26 Å². The van der Waals surface area contributed by atoms with Gasteiger partial charge < -0.3 is 9.47 Å². The van der Waals surface area contributed by atoms with E-state index in [-0.39, 0.29) is 6.61 Å². The first-order chi connectivity index (χ1) is 7.76. The highest BCUT2D eigenvalue weighted by Crippen LogP contribution is 2.12. The van der Waals surface area contributed by atoms with Crippen molar-refractivity contribution in [2.45, 2.75) is 0 Å². The number of hydrogen-bond donors (Lipinski definition) is 0. The quantitative estimate of drug-likeness (QED) is 0.569. The molecular weight excluding hydrogens is 206 g/mol. The van der Waals surface area contributed by atoms with Crippen molar-refractivity contribution in [1.82, 2.24) is 0 Å². The third-order valence-corrected chi connectivity index (χ3v) is 1.81. The lowest BCUT2D eigenvalue weighted by Crippen LogP contribution is -1.99. The first-order valence-corrected chi connectivity index (χ1v) is 4.62. The predicted molar refractivity (Wildman–Crippen MR) is 58.6 cm³/mol. The second-order valence-electron chi connectivity index (χ2n) is 2.87. The molecule has 0 spiro atoms. The molecule has 0 heterocycles. The second-order valence-corrected chi connectivity index (χ2v) is 2.87. The highest BCUT2D eigenvalue weighted by atomic mass is 16.5. The summed E-state index contributed by atoms with van der Waals surface area (Å²) in [5.74, 6) is 0.224. The molecule has 1 aromatic carbocycles. The Kier molecular flexibility index (Phi) is 4.61. The molecule has 0 aliphatic heterocycles. The summed E-state index contributed by atoms with van der Waals surface area (Å²) in [4.78, 5) is 11.0. The minimum absolute atomic E-state index is 0.230. The number of methoxy groups -OCH3 is 1. The third-order valence-electron chi connectivity index (χ3n) is 1.81. The SMILES string of the molecule is COc1ccc(C=CC(=O)OCC#N)cc1. The molecule has 0 amide bonds. The van der Waals surface area contributed by atoms with Gasteiger partial charge in [-0.3, -0.25) is 0 Å². The van der Waals surface area contributed by atoms with Gasteiger partial charge in [-0.25, -0.2) is 4.79 Å². The Morgan fingerprint density at radius 1 is 1.44 bits per heavy atom. The van der Waals surface area contributed by atoms with Crippen LogP contribution in [0.25, 0.3) is 6.08 Å². The van der Waals surface area contributed by atoms with E-state index < -0.39 is 5.97 Å². The van der Waals surface area contributed by atoms with E-state index in [1.165, 1.54) is 6.08 Å². The number of esters is 1. The van der Waals surface area contributed by atoms with Crippen LogP contribution in [0.2, 0.25) is 0 Å². The summed E-state index contributed by atoms with van der Waals surface area (Å²) < 4.78 is 9.54. The van der Waals surface area contributed by atoms with Crippen molar-refractivity contribution in [2.75, 3.05) is 13.7 Å². The Balaban J connectivity index is 2.56. The summed E-state index contributed by atoms with van der Waals surface area (Å²) in [7, 11) is 1.59. The second kappa shape index (κ2) is 6.25. The molecule has 0 aliphatic carbocycles. The van der Waals surface area contributed by atoms with Crippen LogP contribution in [-0.2, 0) is 9.53 Å². The lowest BCUT2D eigenvalue weighted by molar-refractivity contribution is -0.136. The largest absolute Gasteiger partial charge is 0.497 e. The van der Waals surface area contributed by atoms with Crippen LogP contribution in [0.3, 0.4) is 0 Å². The van der Waals surface area contributed by atoms with Crippen molar-refractivity contribution in [3.05, 3.63) is 35.9 Å². The van der Waals surface area contributed by atoms with E-state index >= 15 is 0 Å². The fourth-order valence-electron chi connectivity index (χ4n) is 1.03. The summed E-state index contributed by atoms with van der Waals surface area (Å²) in [6, 6.07) is 8.93. The maximum atomic E-state index is 11.0. The average molecular weight is 217 g/mol. The fraction of sp³-hybridized carbons (Fsp3) is 0.167. The van der Waals surface area contributed by atoms with Crippen LogP contribution in [-0.4, -0.2) is 19.7 Å². The van der Waals surface area contributed by atoms with E-state index in [1.807, 2.05) is 12.1 Å². The molecule has 0 saturated heterocycles. The lowest BCUT2D eigenvalue weighted by Gasteiger charge is -1.98. The molecule has 0 saturated carbocycles. The van der Waals surface area contributed by atoms with Gasteiger partial charge in [-0.05, 0) is 23.8 Å². The van der Waals surface area contributed by atoms with E-state index in [0.717, 1.165) is 11.3 Å². The van der Waals surface area contributed by atoms with Crippen LogP contribution in [0.1, 0.15) is 5.56 Å². The molecule has 4 nitrogen and oxygen atoms in total. The lowest BCUT2D eigenvalue weighted by atomic mass is 10.2. The highest BCUT2D eigenvalue weighted by molar-refractivity contribution is 5.87. The molecule has 0 aromatic heterocycles. The molecule has 1 rings (SSSR count). The zero-order valence-corrected chi connectivity index (χ0v) is 8.84. The Morgan fingerprint density at radius 2 is 2.12 bits per heavy atom. The predicted octanol–water partition coefficient (Wildman–Crippen LogP) is 1.78. The Hall–Kier alpha value is -2.28. The number of ether oxygens (including phenoxy) is 2. The first-order valence-electron chi connectivity index (χ1n) is 4.62. The molecule has 0 atom stereocenters. The molecule has 16 heavy (non-hydrogen) atoms. The third kappa shape index (κ3) is 3.84. The molecule has 82 valence electrons. The maximum Gasteiger partial charge on any atom is 0.331 e. The molecule has 0 bridgehead atoms.